The Labute approximate surface area is 156 Å². The predicted molar refractivity (Wildman–Crippen MR) is 98.4 cm³/mol. The van der Waals surface area contributed by atoms with Crippen LogP contribution in [0.1, 0.15) is 34.3 Å². The van der Waals surface area contributed by atoms with Gasteiger partial charge in [0.05, 0.1) is 11.0 Å². The Bertz CT molecular complexity index is 798. The molecule has 0 bridgehead atoms. The Kier molecular flexibility index (Phi) is 5.59. The van der Waals surface area contributed by atoms with Crippen LogP contribution in [-0.2, 0) is 21.5 Å². The first-order valence-corrected chi connectivity index (χ1v) is 8.83. The summed E-state index contributed by atoms with van der Waals surface area (Å²) in [6, 6.07) is 13.9. The van der Waals surface area contributed by atoms with Crippen LogP contribution < -0.4 is 5.32 Å². The van der Waals surface area contributed by atoms with Gasteiger partial charge in [-0.05, 0) is 48.2 Å². The summed E-state index contributed by atoms with van der Waals surface area (Å²) in [5.74, 6) is -1.03. The standard InChI is InChI=1S/C20H20ClNO4/c21-17-3-1-2-16(12-17)20(8-10-26-11-9-20)19(25)22-13-14-4-6-15(7-5-14)18(23)24/h1-7,12H,8-11,13H2,(H,22,25)(H,23,24). The van der Waals surface area contributed by atoms with E-state index < -0.39 is 11.4 Å². The van der Waals surface area contributed by atoms with Crippen molar-refractivity contribution in [3.05, 3.63) is 70.2 Å². The third kappa shape index (κ3) is 3.89. The van der Waals surface area contributed by atoms with E-state index >= 15 is 0 Å². The number of hydrogen-bond donors (Lipinski definition) is 2. The number of carboxylic acids is 1. The van der Waals surface area contributed by atoms with Crippen molar-refractivity contribution >= 4 is 23.5 Å². The normalized spacial score (nSPS) is 16.0. The molecule has 2 N–H and O–H groups in total. The van der Waals surface area contributed by atoms with Gasteiger partial charge < -0.3 is 15.2 Å². The van der Waals surface area contributed by atoms with E-state index in [1.807, 2.05) is 18.2 Å². The zero-order chi connectivity index (χ0) is 18.6. The highest BCUT2D eigenvalue weighted by Gasteiger charge is 2.41. The topological polar surface area (TPSA) is 75.6 Å². The number of hydrogen-bond acceptors (Lipinski definition) is 3. The van der Waals surface area contributed by atoms with Crippen molar-refractivity contribution in [3.63, 3.8) is 0 Å². The number of carbonyl (C=O) groups excluding carboxylic acids is 1. The summed E-state index contributed by atoms with van der Waals surface area (Å²) in [5.41, 5.74) is 1.30. The zero-order valence-electron chi connectivity index (χ0n) is 14.2. The number of carbonyl (C=O) groups is 2. The Balaban J connectivity index is 1.77. The molecule has 0 spiro atoms. The van der Waals surface area contributed by atoms with Gasteiger partial charge in [0, 0.05) is 24.8 Å². The van der Waals surface area contributed by atoms with Crippen molar-refractivity contribution in [1.82, 2.24) is 5.32 Å². The Hall–Kier alpha value is -2.37. The lowest BCUT2D eigenvalue weighted by Gasteiger charge is -2.36. The summed E-state index contributed by atoms with van der Waals surface area (Å²) >= 11 is 6.13. The highest BCUT2D eigenvalue weighted by molar-refractivity contribution is 6.30. The third-order valence-electron chi connectivity index (χ3n) is 4.81. The van der Waals surface area contributed by atoms with E-state index in [4.69, 9.17) is 21.4 Å². The van der Waals surface area contributed by atoms with Gasteiger partial charge in [-0.3, -0.25) is 4.79 Å². The van der Waals surface area contributed by atoms with Crippen molar-refractivity contribution in [1.29, 1.82) is 0 Å². The smallest absolute Gasteiger partial charge is 0.335 e. The second-order valence-electron chi connectivity index (χ2n) is 6.39. The van der Waals surface area contributed by atoms with Crippen LogP contribution >= 0.6 is 11.6 Å². The molecule has 1 amide bonds. The van der Waals surface area contributed by atoms with E-state index in [1.165, 1.54) is 12.1 Å². The summed E-state index contributed by atoms with van der Waals surface area (Å²) < 4.78 is 5.46. The first kappa shape index (κ1) is 18.4. The SMILES string of the molecule is O=C(O)c1ccc(CNC(=O)C2(c3cccc(Cl)c3)CCOCC2)cc1. The molecule has 0 atom stereocenters. The first-order chi connectivity index (χ1) is 12.5. The summed E-state index contributed by atoms with van der Waals surface area (Å²) in [7, 11) is 0. The fraction of sp³-hybridized carbons (Fsp3) is 0.300. The van der Waals surface area contributed by atoms with Gasteiger partial charge in [-0.1, -0.05) is 35.9 Å². The molecular weight excluding hydrogens is 354 g/mol. The maximum Gasteiger partial charge on any atom is 0.335 e. The van der Waals surface area contributed by atoms with Gasteiger partial charge in [0.25, 0.3) is 0 Å². The molecule has 0 aromatic heterocycles. The molecule has 1 aliphatic heterocycles. The van der Waals surface area contributed by atoms with Crippen LogP contribution in [-0.4, -0.2) is 30.2 Å². The number of rotatable bonds is 5. The highest BCUT2D eigenvalue weighted by Crippen LogP contribution is 2.36. The largest absolute Gasteiger partial charge is 0.478 e. The van der Waals surface area contributed by atoms with Crippen LogP contribution in [0.4, 0.5) is 0 Å². The lowest BCUT2D eigenvalue weighted by atomic mass is 9.73. The number of aromatic carboxylic acids is 1. The minimum Gasteiger partial charge on any atom is -0.478 e. The van der Waals surface area contributed by atoms with Gasteiger partial charge >= 0.3 is 5.97 Å². The van der Waals surface area contributed by atoms with E-state index in [0.717, 1.165) is 11.1 Å². The van der Waals surface area contributed by atoms with Crippen molar-refractivity contribution in [2.75, 3.05) is 13.2 Å². The molecule has 1 aliphatic rings. The zero-order valence-corrected chi connectivity index (χ0v) is 15.0. The molecule has 26 heavy (non-hydrogen) atoms. The molecule has 0 aliphatic carbocycles. The lowest BCUT2D eigenvalue weighted by Crippen LogP contribution is -2.47. The molecule has 6 heteroatoms. The van der Waals surface area contributed by atoms with Gasteiger partial charge in [-0.2, -0.15) is 0 Å². The molecule has 1 saturated heterocycles. The quantitative estimate of drug-likeness (QED) is 0.842. The molecule has 0 saturated carbocycles. The molecule has 0 unspecified atom stereocenters. The minimum absolute atomic E-state index is 0.0645. The molecule has 2 aromatic carbocycles. The monoisotopic (exact) mass is 373 g/mol. The minimum atomic E-state index is -0.970. The van der Waals surface area contributed by atoms with Crippen molar-refractivity contribution in [3.8, 4) is 0 Å². The first-order valence-electron chi connectivity index (χ1n) is 8.46. The molecule has 5 nitrogen and oxygen atoms in total. The molecule has 2 aromatic rings. The van der Waals surface area contributed by atoms with E-state index in [1.54, 1.807) is 18.2 Å². The van der Waals surface area contributed by atoms with Crippen molar-refractivity contribution in [2.24, 2.45) is 0 Å². The number of carboxylic acid groups (broad SMARTS) is 1. The number of benzene rings is 2. The van der Waals surface area contributed by atoms with Crippen LogP contribution in [0.25, 0.3) is 0 Å². The summed E-state index contributed by atoms with van der Waals surface area (Å²) in [4.78, 5) is 24.0. The molecule has 0 radical (unpaired) electrons. The van der Waals surface area contributed by atoms with Crippen molar-refractivity contribution < 1.29 is 19.4 Å². The second kappa shape index (κ2) is 7.89. The van der Waals surface area contributed by atoms with Gasteiger partial charge in [-0.15, -0.1) is 0 Å². The van der Waals surface area contributed by atoms with Gasteiger partial charge in [0.1, 0.15) is 0 Å². The van der Waals surface area contributed by atoms with E-state index in [-0.39, 0.29) is 11.5 Å². The summed E-state index contributed by atoms with van der Waals surface area (Å²) in [6.45, 7) is 1.38. The van der Waals surface area contributed by atoms with E-state index in [9.17, 15) is 9.59 Å². The maximum atomic E-state index is 13.1. The van der Waals surface area contributed by atoms with Crippen LogP contribution in [0.15, 0.2) is 48.5 Å². The average molecular weight is 374 g/mol. The van der Waals surface area contributed by atoms with Gasteiger partial charge in [0.2, 0.25) is 5.91 Å². The van der Waals surface area contributed by atoms with Crippen LogP contribution in [0.2, 0.25) is 5.02 Å². The van der Waals surface area contributed by atoms with Gasteiger partial charge in [0.15, 0.2) is 0 Å². The van der Waals surface area contributed by atoms with Crippen LogP contribution in [0, 0.1) is 0 Å². The van der Waals surface area contributed by atoms with E-state index in [0.29, 0.717) is 37.6 Å². The molecule has 1 fully saturated rings. The number of halogens is 1. The Morgan fingerprint density at radius 2 is 1.81 bits per heavy atom. The summed E-state index contributed by atoms with van der Waals surface area (Å²) in [5, 5.41) is 12.5. The molecule has 136 valence electrons. The van der Waals surface area contributed by atoms with Crippen molar-refractivity contribution in [2.45, 2.75) is 24.8 Å². The second-order valence-corrected chi connectivity index (χ2v) is 6.83. The number of amides is 1. The number of nitrogens with one attached hydrogen (secondary N) is 1. The Morgan fingerprint density at radius 3 is 2.42 bits per heavy atom. The lowest BCUT2D eigenvalue weighted by molar-refractivity contribution is -0.130. The summed E-state index contributed by atoms with van der Waals surface area (Å²) in [6.07, 6.45) is 1.19. The molecule has 1 heterocycles. The maximum absolute atomic E-state index is 13.1. The number of ether oxygens (including phenoxy) is 1. The Morgan fingerprint density at radius 1 is 1.12 bits per heavy atom. The average Bonchev–Trinajstić information content (AvgIpc) is 2.67. The third-order valence-corrected chi connectivity index (χ3v) is 5.05. The highest BCUT2D eigenvalue weighted by atomic mass is 35.5. The van der Waals surface area contributed by atoms with Gasteiger partial charge in [-0.25, -0.2) is 4.79 Å². The molecular formula is C20H20ClNO4. The fourth-order valence-electron chi connectivity index (χ4n) is 3.27. The van der Waals surface area contributed by atoms with Crippen LogP contribution in [0.3, 0.4) is 0 Å². The predicted octanol–water partition coefficient (Wildman–Crippen LogP) is 3.40. The fourth-order valence-corrected chi connectivity index (χ4v) is 3.46. The van der Waals surface area contributed by atoms with Crippen LogP contribution in [0.5, 0.6) is 0 Å². The van der Waals surface area contributed by atoms with E-state index in [2.05, 4.69) is 5.32 Å². The molecule has 3 rings (SSSR count).